The molecule has 1 aliphatic carbocycles. The van der Waals surface area contributed by atoms with Crippen molar-refractivity contribution in [2.45, 2.75) is 37.6 Å². The lowest BCUT2D eigenvalue weighted by atomic mass is 10.0. The second-order valence-electron chi connectivity index (χ2n) is 3.23. The molecule has 0 aliphatic heterocycles. The first-order chi connectivity index (χ1) is 5.17. The molecule has 11 heavy (non-hydrogen) atoms. The summed E-state index contributed by atoms with van der Waals surface area (Å²) < 4.78 is 0.985. The predicted octanol–water partition coefficient (Wildman–Crippen LogP) is 4.21. The molecule has 0 unspecified atom stereocenters. The molecule has 0 aromatic carbocycles. The molecule has 0 aromatic heterocycles. The number of alkyl halides is 1. The van der Waals surface area contributed by atoms with Crippen molar-refractivity contribution in [2.75, 3.05) is 4.05 Å². The topological polar surface area (TPSA) is 0 Å². The van der Waals surface area contributed by atoms with Gasteiger partial charge >= 0.3 is 0 Å². The highest BCUT2D eigenvalue weighted by molar-refractivity contribution is 14.1. The first-order valence-electron chi connectivity index (χ1n) is 4.10. The lowest BCUT2D eigenvalue weighted by Gasteiger charge is -2.29. The molecule has 1 aliphatic rings. The smallest absolute Gasteiger partial charge is 0.145 e. The second kappa shape index (κ2) is 4.68. The van der Waals surface area contributed by atoms with Crippen molar-refractivity contribution in [2.24, 2.45) is 0 Å². The summed E-state index contributed by atoms with van der Waals surface area (Å²) in [7, 11) is 0. The Morgan fingerprint density at radius 3 is 2.18 bits per heavy atom. The molecule has 0 spiro atoms. The summed E-state index contributed by atoms with van der Waals surface area (Å²) >= 11 is 14.9. The average Bonchev–Trinajstić information content (AvgIpc) is 2.06. The molecule has 0 amide bonds. The molecule has 0 nitrogen and oxygen atoms in total. The zero-order valence-corrected chi connectivity index (χ0v) is 11.1. The van der Waals surface area contributed by atoms with Crippen LogP contribution in [0.1, 0.15) is 32.1 Å². The van der Waals surface area contributed by atoms with Crippen LogP contribution in [0.25, 0.3) is 0 Å². The average molecular weight is 323 g/mol. The van der Waals surface area contributed by atoms with E-state index in [1.54, 1.807) is 0 Å². The second-order valence-corrected chi connectivity index (χ2v) is 12.8. The molecule has 0 saturated heterocycles. The molecule has 0 aromatic rings. The quantitative estimate of drug-likeness (QED) is 0.309. The van der Waals surface area contributed by atoms with E-state index in [2.05, 4.69) is 22.6 Å². The maximum Gasteiger partial charge on any atom is 0.263 e. The van der Waals surface area contributed by atoms with Crippen LogP contribution in [0.15, 0.2) is 0 Å². The lowest BCUT2D eigenvalue weighted by molar-refractivity contribution is 0.498. The van der Waals surface area contributed by atoms with Crippen molar-refractivity contribution >= 4 is 51.4 Å². The molecule has 0 atom stereocenters. The van der Waals surface area contributed by atoms with Crippen molar-refractivity contribution in [3.8, 4) is 0 Å². The number of halogens is 3. The Morgan fingerprint density at radius 2 is 1.73 bits per heavy atom. The standard InChI is InChI=1S/C7H13Cl2ISi/c8-11(9,6-10)7-4-2-1-3-5-7/h7H,1-6H2. The van der Waals surface area contributed by atoms with E-state index in [0.29, 0.717) is 5.54 Å². The van der Waals surface area contributed by atoms with Crippen LogP contribution in [0.2, 0.25) is 5.54 Å². The largest absolute Gasteiger partial charge is 0.263 e. The van der Waals surface area contributed by atoms with Gasteiger partial charge in [-0.05, 0) is 5.54 Å². The molecule has 1 rings (SSSR count). The van der Waals surface area contributed by atoms with Gasteiger partial charge in [0, 0.05) is 4.05 Å². The number of hydrogen-bond donors (Lipinski definition) is 0. The summed E-state index contributed by atoms with van der Waals surface area (Å²) in [5, 5.41) is 0. The summed E-state index contributed by atoms with van der Waals surface area (Å²) in [6.45, 7) is -1.85. The van der Waals surface area contributed by atoms with Gasteiger partial charge in [-0.1, -0.05) is 54.7 Å². The Kier molecular flexibility index (Phi) is 4.51. The molecule has 0 bridgehead atoms. The Bertz CT molecular complexity index is 124. The van der Waals surface area contributed by atoms with Crippen molar-refractivity contribution < 1.29 is 0 Å². The Hall–Kier alpha value is 1.53. The highest BCUT2D eigenvalue weighted by atomic mass is 127. The van der Waals surface area contributed by atoms with Gasteiger partial charge in [0.2, 0.25) is 0 Å². The molecule has 1 saturated carbocycles. The summed E-state index contributed by atoms with van der Waals surface area (Å²) in [6.07, 6.45) is 6.63. The van der Waals surface area contributed by atoms with E-state index in [4.69, 9.17) is 22.2 Å². The van der Waals surface area contributed by atoms with E-state index in [9.17, 15) is 0 Å². The van der Waals surface area contributed by atoms with Crippen LogP contribution in [0, 0.1) is 0 Å². The first-order valence-corrected chi connectivity index (χ1v) is 9.94. The van der Waals surface area contributed by atoms with Crippen molar-refractivity contribution in [3.05, 3.63) is 0 Å². The maximum atomic E-state index is 6.30. The van der Waals surface area contributed by atoms with E-state index in [0.717, 1.165) is 4.05 Å². The van der Waals surface area contributed by atoms with Crippen molar-refractivity contribution in [3.63, 3.8) is 0 Å². The third kappa shape index (κ3) is 3.05. The minimum absolute atomic E-state index is 0.677. The Balaban J connectivity index is 2.43. The van der Waals surface area contributed by atoms with E-state index < -0.39 is 6.69 Å². The van der Waals surface area contributed by atoms with Crippen LogP contribution in [0.5, 0.6) is 0 Å². The van der Waals surface area contributed by atoms with Gasteiger partial charge in [-0.25, -0.2) is 0 Å². The van der Waals surface area contributed by atoms with E-state index in [-0.39, 0.29) is 0 Å². The van der Waals surface area contributed by atoms with Gasteiger partial charge in [-0.2, -0.15) is 0 Å². The molecular weight excluding hydrogens is 310 g/mol. The molecule has 0 radical (unpaired) electrons. The van der Waals surface area contributed by atoms with Gasteiger partial charge < -0.3 is 0 Å². The van der Waals surface area contributed by atoms with Crippen LogP contribution in [0.4, 0.5) is 0 Å². The lowest BCUT2D eigenvalue weighted by Crippen LogP contribution is -2.30. The minimum Gasteiger partial charge on any atom is -0.145 e. The molecular formula is C7H13Cl2ISi. The van der Waals surface area contributed by atoms with Crippen LogP contribution >= 0.6 is 44.7 Å². The molecule has 1 fully saturated rings. The molecule has 66 valence electrons. The van der Waals surface area contributed by atoms with Gasteiger partial charge in [-0.15, -0.1) is 22.2 Å². The molecule has 4 heteroatoms. The van der Waals surface area contributed by atoms with Gasteiger partial charge in [0.1, 0.15) is 0 Å². The van der Waals surface area contributed by atoms with Crippen molar-refractivity contribution in [1.82, 2.24) is 0 Å². The zero-order valence-electron chi connectivity index (χ0n) is 6.45. The van der Waals surface area contributed by atoms with Gasteiger partial charge in [0.15, 0.2) is 0 Å². The summed E-state index contributed by atoms with van der Waals surface area (Å²) in [6, 6.07) is 0. The van der Waals surface area contributed by atoms with Crippen LogP contribution < -0.4 is 0 Å². The molecule has 0 N–H and O–H groups in total. The van der Waals surface area contributed by atoms with Crippen molar-refractivity contribution in [1.29, 1.82) is 0 Å². The number of hydrogen-bond acceptors (Lipinski definition) is 0. The fraction of sp³-hybridized carbons (Fsp3) is 1.00. The Morgan fingerprint density at radius 1 is 1.18 bits per heavy atom. The molecule has 0 heterocycles. The third-order valence-corrected chi connectivity index (χ3v) is 13.5. The monoisotopic (exact) mass is 322 g/mol. The minimum atomic E-state index is -1.85. The van der Waals surface area contributed by atoms with E-state index in [1.807, 2.05) is 0 Å². The fourth-order valence-electron chi connectivity index (χ4n) is 1.63. The van der Waals surface area contributed by atoms with E-state index >= 15 is 0 Å². The van der Waals surface area contributed by atoms with Crippen LogP contribution in [-0.4, -0.2) is 10.7 Å². The SMILES string of the molecule is Cl[Si](Cl)(CI)C1CCCCC1. The predicted molar refractivity (Wildman–Crippen MR) is 63.2 cm³/mol. The van der Waals surface area contributed by atoms with Crippen LogP contribution in [-0.2, 0) is 0 Å². The van der Waals surface area contributed by atoms with Crippen LogP contribution in [0.3, 0.4) is 0 Å². The third-order valence-electron chi connectivity index (χ3n) is 2.38. The number of rotatable bonds is 2. The maximum absolute atomic E-state index is 6.30. The van der Waals surface area contributed by atoms with E-state index in [1.165, 1.54) is 32.1 Å². The van der Waals surface area contributed by atoms with Gasteiger partial charge in [0.05, 0.1) is 0 Å². The highest BCUT2D eigenvalue weighted by Gasteiger charge is 2.37. The normalized spacial score (nSPS) is 22.1. The summed E-state index contributed by atoms with van der Waals surface area (Å²) in [5.41, 5.74) is 0.677. The first kappa shape index (κ1) is 10.6. The fourth-order valence-corrected chi connectivity index (χ4v) is 6.28. The summed E-state index contributed by atoms with van der Waals surface area (Å²) in [4.78, 5) is 0. The zero-order chi connectivity index (χ0) is 8.32. The Labute approximate surface area is 92.6 Å². The van der Waals surface area contributed by atoms with Gasteiger partial charge in [-0.3, -0.25) is 0 Å². The van der Waals surface area contributed by atoms with Gasteiger partial charge in [0.25, 0.3) is 6.69 Å². The summed E-state index contributed by atoms with van der Waals surface area (Å²) in [5.74, 6) is 0. The highest BCUT2D eigenvalue weighted by Crippen LogP contribution is 2.42.